The number of carbonyl (C=O) groups is 4. The summed E-state index contributed by atoms with van der Waals surface area (Å²) in [6.07, 6.45) is 3.57. The summed E-state index contributed by atoms with van der Waals surface area (Å²) >= 11 is 1.37. The molecule has 1 aromatic carbocycles. The van der Waals surface area contributed by atoms with Gasteiger partial charge in [-0.25, -0.2) is 4.79 Å². The van der Waals surface area contributed by atoms with Gasteiger partial charge in [0.15, 0.2) is 6.61 Å². The monoisotopic (exact) mass is 415 g/mol. The van der Waals surface area contributed by atoms with Crippen molar-refractivity contribution < 1.29 is 23.9 Å². The van der Waals surface area contributed by atoms with Crippen LogP contribution in [0.4, 0.5) is 5.00 Å². The number of hydrogen-bond donors (Lipinski definition) is 3. The van der Waals surface area contributed by atoms with E-state index in [0.717, 1.165) is 36.1 Å². The van der Waals surface area contributed by atoms with Crippen LogP contribution in [-0.2, 0) is 27.2 Å². The van der Waals surface area contributed by atoms with Crippen LogP contribution in [0.25, 0.3) is 0 Å². The topological polar surface area (TPSA) is 114 Å². The van der Waals surface area contributed by atoms with Gasteiger partial charge in [-0.3, -0.25) is 25.2 Å². The highest BCUT2D eigenvalue weighted by molar-refractivity contribution is 7.17. The molecular weight excluding hydrogens is 394 g/mol. The van der Waals surface area contributed by atoms with Gasteiger partial charge in [0.1, 0.15) is 5.00 Å². The Kier molecular flexibility index (Phi) is 6.61. The summed E-state index contributed by atoms with van der Waals surface area (Å²) in [5, 5.41) is 3.13. The van der Waals surface area contributed by atoms with Crippen molar-refractivity contribution in [1.29, 1.82) is 0 Å². The van der Waals surface area contributed by atoms with Crippen LogP contribution in [0.15, 0.2) is 30.3 Å². The maximum atomic E-state index is 12.6. The van der Waals surface area contributed by atoms with Gasteiger partial charge in [0.25, 0.3) is 11.8 Å². The minimum Gasteiger partial charge on any atom is -0.452 e. The van der Waals surface area contributed by atoms with Gasteiger partial charge in [0.05, 0.1) is 5.56 Å². The van der Waals surface area contributed by atoms with E-state index in [2.05, 4.69) is 16.2 Å². The number of fused-ring (bicyclic) bond motifs is 1. The molecule has 29 heavy (non-hydrogen) atoms. The number of rotatable bonds is 5. The van der Waals surface area contributed by atoms with Gasteiger partial charge in [0, 0.05) is 17.4 Å². The van der Waals surface area contributed by atoms with Gasteiger partial charge < -0.3 is 10.1 Å². The number of carbonyl (C=O) groups excluding carboxylic acids is 4. The molecule has 3 rings (SSSR count). The van der Waals surface area contributed by atoms with E-state index in [4.69, 9.17) is 4.74 Å². The Bertz CT molecular complexity index is 939. The molecule has 1 aromatic heterocycles. The third-order valence-corrected chi connectivity index (χ3v) is 5.56. The molecule has 1 aliphatic carbocycles. The number of anilines is 1. The van der Waals surface area contributed by atoms with Crippen molar-refractivity contribution in [3.05, 3.63) is 51.9 Å². The van der Waals surface area contributed by atoms with Crippen LogP contribution in [0.3, 0.4) is 0 Å². The first-order chi connectivity index (χ1) is 14.0. The van der Waals surface area contributed by atoms with Crippen LogP contribution in [-0.4, -0.2) is 30.3 Å². The molecule has 0 radical (unpaired) electrons. The summed E-state index contributed by atoms with van der Waals surface area (Å²) in [6, 6.07) is 8.38. The van der Waals surface area contributed by atoms with Crippen LogP contribution in [0, 0.1) is 0 Å². The Morgan fingerprint density at radius 3 is 2.48 bits per heavy atom. The van der Waals surface area contributed by atoms with Gasteiger partial charge in [-0.2, -0.15) is 0 Å². The molecule has 3 amide bonds. The first-order valence-electron chi connectivity index (χ1n) is 9.19. The Morgan fingerprint density at radius 2 is 1.76 bits per heavy atom. The van der Waals surface area contributed by atoms with Crippen LogP contribution in [0.5, 0.6) is 0 Å². The summed E-state index contributed by atoms with van der Waals surface area (Å²) in [7, 11) is 0. The molecule has 0 unspecified atom stereocenters. The highest BCUT2D eigenvalue weighted by atomic mass is 32.1. The molecular formula is C20H21N3O5S. The third kappa shape index (κ3) is 5.20. The van der Waals surface area contributed by atoms with Gasteiger partial charge in [0.2, 0.25) is 5.91 Å². The summed E-state index contributed by atoms with van der Waals surface area (Å²) in [5.74, 6) is -2.10. The summed E-state index contributed by atoms with van der Waals surface area (Å²) in [6.45, 7) is 0.814. The van der Waals surface area contributed by atoms with Crippen molar-refractivity contribution in [1.82, 2.24) is 10.9 Å². The second-order valence-electron chi connectivity index (χ2n) is 6.54. The van der Waals surface area contributed by atoms with E-state index in [9.17, 15) is 19.2 Å². The van der Waals surface area contributed by atoms with E-state index < -0.39 is 24.4 Å². The molecule has 2 aromatic rings. The van der Waals surface area contributed by atoms with Crippen molar-refractivity contribution in [2.75, 3.05) is 11.9 Å². The summed E-state index contributed by atoms with van der Waals surface area (Å²) < 4.78 is 5.13. The Hall–Kier alpha value is -3.20. The maximum absolute atomic E-state index is 12.6. The Morgan fingerprint density at radius 1 is 1.03 bits per heavy atom. The van der Waals surface area contributed by atoms with E-state index >= 15 is 0 Å². The lowest BCUT2D eigenvalue weighted by molar-refractivity contribution is -0.125. The number of hydrogen-bond acceptors (Lipinski definition) is 6. The number of nitrogens with one attached hydrogen (secondary N) is 3. The fourth-order valence-corrected chi connectivity index (χ4v) is 4.38. The van der Waals surface area contributed by atoms with Crippen LogP contribution in [0.2, 0.25) is 0 Å². The molecule has 0 saturated carbocycles. The highest BCUT2D eigenvalue weighted by Crippen LogP contribution is 2.38. The van der Waals surface area contributed by atoms with Crippen LogP contribution < -0.4 is 16.2 Å². The molecule has 9 heteroatoms. The van der Waals surface area contributed by atoms with E-state index in [1.54, 1.807) is 30.3 Å². The SMILES string of the molecule is CC(=O)Nc1sc2c(c1C(=O)OCC(=O)NNC(=O)c1ccccc1)CCCC2. The molecule has 3 N–H and O–H groups in total. The Balaban J connectivity index is 1.59. The lowest BCUT2D eigenvalue weighted by Crippen LogP contribution is -2.43. The minimum atomic E-state index is -0.673. The number of ether oxygens (including phenoxy) is 1. The molecule has 0 aliphatic heterocycles. The first-order valence-corrected chi connectivity index (χ1v) is 10.0. The predicted molar refractivity (Wildman–Crippen MR) is 108 cm³/mol. The number of hydrazine groups is 1. The van der Waals surface area contributed by atoms with Gasteiger partial charge >= 0.3 is 5.97 Å². The largest absolute Gasteiger partial charge is 0.452 e. The first kappa shape index (κ1) is 20.5. The zero-order valence-corrected chi connectivity index (χ0v) is 16.7. The standard InChI is InChI=1S/C20H21N3O5S/c1-12(24)21-19-17(14-9-5-6-10-15(14)29-19)20(27)28-11-16(25)22-23-18(26)13-7-3-2-4-8-13/h2-4,7-8H,5-6,9-11H2,1H3,(H,21,24)(H,22,25)(H,23,26). The van der Waals surface area contributed by atoms with E-state index in [1.165, 1.54) is 18.3 Å². The van der Waals surface area contributed by atoms with E-state index in [-0.39, 0.29) is 5.91 Å². The molecule has 0 bridgehead atoms. The minimum absolute atomic E-state index is 0.279. The second kappa shape index (κ2) is 9.33. The zero-order valence-electron chi connectivity index (χ0n) is 15.9. The third-order valence-electron chi connectivity index (χ3n) is 4.35. The lowest BCUT2D eigenvalue weighted by atomic mass is 9.95. The second-order valence-corrected chi connectivity index (χ2v) is 7.65. The van der Waals surface area contributed by atoms with Crippen LogP contribution in [0.1, 0.15) is 50.9 Å². The Labute approximate surface area is 171 Å². The van der Waals surface area contributed by atoms with E-state index in [1.807, 2.05) is 0 Å². The highest BCUT2D eigenvalue weighted by Gasteiger charge is 2.27. The molecule has 8 nitrogen and oxygen atoms in total. The quantitative estimate of drug-likeness (QED) is 0.512. The number of esters is 1. The molecule has 0 fully saturated rings. The summed E-state index contributed by atoms with van der Waals surface area (Å²) in [4.78, 5) is 49.0. The normalized spacial score (nSPS) is 12.4. The zero-order chi connectivity index (χ0) is 20.8. The van der Waals surface area contributed by atoms with Crippen molar-refractivity contribution >= 4 is 40.0 Å². The van der Waals surface area contributed by atoms with Crippen molar-refractivity contribution in [3.63, 3.8) is 0 Å². The van der Waals surface area contributed by atoms with Crippen LogP contribution >= 0.6 is 11.3 Å². The molecule has 1 aliphatic rings. The molecule has 1 heterocycles. The number of benzene rings is 1. The maximum Gasteiger partial charge on any atom is 0.341 e. The molecule has 0 spiro atoms. The van der Waals surface area contributed by atoms with Gasteiger partial charge in [-0.15, -0.1) is 11.3 Å². The number of thiophene rings is 1. The van der Waals surface area contributed by atoms with Gasteiger partial charge in [-0.1, -0.05) is 18.2 Å². The number of aryl methyl sites for hydroxylation is 1. The van der Waals surface area contributed by atoms with Crippen molar-refractivity contribution in [2.24, 2.45) is 0 Å². The van der Waals surface area contributed by atoms with Crippen molar-refractivity contribution in [3.8, 4) is 0 Å². The molecule has 0 saturated heterocycles. The fourth-order valence-electron chi connectivity index (χ4n) is 3.06. The van der Waals surface area contributed by atoms with E-state index in [0.29, 0.717) is 16.1 Å². The average molecular weight is 415 g/mol. The fraction of sp³-hybridized carbons (Fsp3) is 0.300. The molecule has 0 atom stereocenters. The van der Waals surface area contributed by atoms with Gasteiger partial charge in [-0.05, 0) is 43.4 Å². The number of amides is 3. The predicted octanol–water partition coefficient (Wildman–Crippen LogP) is 2.20. The average Bonchev–Trinajstić information content (AvgIpc) is 3.08. The van der Waals surface area contributed by atoms with Crippen molar-refractivity contribution in [2.45, 2.75) is 32.6 Å². The molecule has 152 valence electrons. The summed E-state index contributed by atoms with van der Waals surface area (Å²) in [5.41, 5.74) is 6.05. The smallest absolute Gasteiger partial charge is 0.341 e. The lowest BCUT2D eigenvalue weighted by Gasteiger charge is -2.13.